The molecule has 0 spiro atoms. The minimum absolute atomic E-state index is 0.179. The summed E-state index contributed by atoms with van der Waals surface area (Å²) < 4.78 is 0. The van der Waals surface area contributed by atoms with Gasteiger partial charge in [0.2, 0.25) is 5.91 Å². The zero-order valence-electron chi connectivity index (χ0n) is 9.93. The molecule has 15 heavy (non-hydrogen) atoms. The molecule has 0 unspecified atom stereocenters. The molecule has 1 saturated heterocycles. The molecule has 0 aromatic rings. The number of hydrogen-bond acceptors (Lipinski definition) is 2. The summed E-state index contributed by atoms with van der Waals surface area (Å²) in [6.07, 6.45) is 10.00. The van der Waals surface area contributed by atoms with Gasteiger partial charge in [-0.25, -0.2) is 5.01 Å². The highest BCUT2D eigenvalue weighted by molar-refractivity contribution is 5.77. The summed E-state index contributed by atoms with van der Waals surface area (Å²) in [6.45, 7) is 4.17. The molecule has 3 nitrogen and oxygen atoms in total. The van der Waals surface area contributed by atoms with Crippen LogP contribution in [0.4, 0.5) is 0 Å². The Balaban J connectivity index is 1.83. The monoisotopic (exact) mass is 212 g/mol. The third-order valence-corrected chi connectivity index (χ3v) is 2.92. The van der Waals surface area contributed by atoms with Crippen LogP contribution >= 0.6 is 0 Å². The molecule has 1 aliphatic heterocycles. The first-order chi connectivity index (χ1) is 7.33. The molecule has 1 fully saturated rings. The van der Waals surface area contributed by atoms with Crippen LogP contribution < -0.4 is 5.43 Å². The summed E-state index contributed by atoms with van der Waals surface area (Å²) >= 11 is 0. The van der Waals surface area contributed by atoms with Gasteiger partial charge in [0.05, 0.1) is 0 Å². The second-order valence-electron chi connectivity index (χ2n) is 4.39. The number of nitrogens with zero attached hydrogens (tertiary/aromatic N) is 1. The van der Waals surface area contributed by atoms with Crippen LogP contribution in [0.3, 0.4) is 0 Å². The van der Waals surface area contributed by atoms with E-state index in [9.17, 15) is 4.79 Å². The van der Waals surface area contributed by atoms with E-state index in [1.807, 2.05) is 5.01 Å². The van der Waals surface area contributed by atoms with E-state index in [4.69, 9.17) is 0 Å². The molecule has 0 aliphatic carbocycles. The maximum atomic E-state index is 10.9. The van der Waals surface area contributed by atoms with Gasteiger partial charge in [-0.2, -0.15) is 0 Å². The van der Waals surface area contributed by atoms with Gasteiger partial charge in [0.15, 0.2) is 0 Å². The maximum absolute atomic E-state index is 10.9. The highest BCUT2D eigenvalue weighted by atomic mass is 16.2. The van der Waals surface area contributed by atoms with Crippen LogP contribution in [0, 0.1) is 0 Å². The number of carbonyl (C=O) groups excluding carboxylic acids is 1. The third-order valence-electron chi connectivity index (χ3n) is 2.92. The molecule has 0 saturated carbocycles. The van der Waals surface area contributed by atoms with E-state index < -0.39 is 0 Å². The standard InChI is InChI=1S/C12H24N2O/c1-2-3-4-5-6-7-8-10-14-11-9-12(15)13-14/h2-11H2,1H3,(H,13,15). The number of nitrogens with one attached hydrogen (secondary N) is 1. The predicted molar refractivity (Wildman–Crippen MR) is 62.3 cm³/mol. The van der Waals surface area contributed by atoms with Crippen molar-refractivity contribution in [1.82, 2.24) is 10.4 Å². The first-order valence-corrected chi connectivity index (χ1v) is 6.37. The van der Waals surface area contributed by atoms with Crippen LogP contribution in [0.15, 0.2) is 0 Å². The van der Waals surface area contributed by atoms with E-state index in [0.29, 0.717) is 6.42 Å². The molecule has 1 rings (SSSR count). The molecule has 0 aromatic carbocycles. The molecule has 1 heterocycles. The average molecular weight is 212 g/mol. The highest BCUT2D eigenvalue weighted by Crippen LogP contribution is 2.08. The van der Waals surface area contributed by atoms with Gasteiger partial charge in [-0.3, -0.25) is 10.2 Å². The smallest absolute Gasteiger partial charge is 0.235 e. The van der Waals surface area contributed by atoms with Crippen LogP contribution in [0.25, 0.3) is 0 Å². The molecule has 1 aliphatic rings. The summed E-state index contributed by atoms with van der Waals surface area (Å²) in [7, 11) is 0. The molecule has 1 N–H and O–H groups in total. The highest BCUT2D eigenvalue weighted by Gasteiger charge is 2.16. The summed E-state index contributed by atoms with van der Waals surface area (Å²) in [5, 5.41) is 2.05. The number of rotatable bonds is 8. The fourth-order valence-electron chi connectivity index (χ4n) is 1.95. The molecule has 0 atom stereocenters. The number of unbranched alkanes of at least 4 members (excludes halogenated alkanes) is 6. The minimum Gasteiger partial charge on any atom is -0.289 e. The van der Waals surface area contributed by atoms with Gasteiger partial charge < -0.3 is 0 Å². The van der Waals surface area contributed by atoms with E-state index in [1.54, 1.807) is 0 Å². The quantitative estimate of drug-likeness (QED) is 0.627. The molecular formula is C12H24N2O. The van der Waals surface area contributed by atoms with Crippen LogP contribution in [-0.2, 0) is 4.79 Å². The van der Waals surface area contributed by atoms with E-state index in [-0.39, 0.29) is 5.91 Å². The summed E-state index contributed by atoms with van der Waals surface area (Å²) in [5.41, 5.74) is 2.86. The topological polar surface area (TPSA) is 32.3 Å². The summed E-state index contributed by atoms with van der Waals surface area (Å²) in [4.78, 5) is 10.9. The van der Waals surface area contributed by atoms with Crippen LogP contribution in [0.1, 0.15) is 58.3 Å². The largest absolute Gasteiger partial charge is 0.289 e. The average Bonchev–Trinajstić information content (AvgIpc) is 2.63. The Morgan fingerprint density at radius 1 is 1.13 bits per heavy atom. The lowest BCUT2D eigenvalue weighted by Crippen LogP contribution is -2.33. The molecule has 1 amide bonds. The first-order valence-electron chi connectivity index (χ1n) is 6.37. The fourth-order valence-corrected chi connectivity index (χ4v) is 1.95. The van der Waals surface area contributed by atoms with Crippen molar-refractivity contribution in [2.24, 2.45) is 0 Å². The molecular weight excluding hydrogens is 188 g/mol. The third kappa shape index (κ3) is 5.78. The van der Waals surface area contributed by atoms with E-state index in [1.165, 1.54) is 44.9 Å². The van der Waals surface area contributed by atoms with Gasteiger partial charge >= 0.3 is 0 Å². The van der Waals surface area contributed by atoms with Gasteiger partial charge in [0, 0.05) is 19.5 Å². The SMILES string of the molecule is CCCCCCCCCN1CCC(=O)N1. The Morgan fingerprint density at radius 3 is 2.40 bits per heavy atom. The predicted octanol–water partition coefficient (Wildman–Crippen LogP) is 2.47. The maximum Gasteiger partial charge on any atom is 0.235 e. The van der Waals surface area contributed by atoms with Crippen LogP contribution in [-0.4, -0.2) is 24.0 Å². The molecule has 3 heteroatoms. The van der Waals surface area contributed by atoms with Gasteiger partial charge in [0.25, 0.3) is 0 Å². The molecule has 0 radical (unpaired) electrons. The number of hydrazine groups is 1. The zero-order chi connectivity index (χ0) is 10.9. The fraction of sp³-hybridized carbons (Fsp3) is 0.917. The normalized spacial score (nSPS) is 17.0. The van der Waals surface area contributed by atoms with Crippen molar-refractivity contribution in [2.45, 2.75) is 58.3 Å². The number of hydrogen-bond donors (Lipinski definition) is 1. The van der Waals surface area contributed by atoms with Crippen LogP contribution in [0.5, 0.6) is 0 Å². The van der Waals surface area contributed by atoms with Crippen molar-refractivity contribution in [1.29, 1.82) is 0 Å². The van der Waals surface area contributed by atoms with Gasteiger partial charge in [-0.05, 0) is 6.42 Å². The second-order valence-corrected chi connectivity index (χ2v) is 4.39. The van der Waals surface area contributed by atoms with E-state index in [2.05, 4.69) is 12.3 Å². The minimum atomic E-state index is 0.179. The van der Waals surface area contributed by atoms with Crippen molar-refractivity contribution in [3.63, 3.8) is 0 Å². The Bertz CT molecular complexity index is 182. The molecule has 0 bridgehead atoms. The van der Waals surface area contributed by atoms with Crippen LogP contribution in [0.2, 0.25) is 0 Å². The van der Waals surface area contributed by atoms with E-state index in [0.717, 1.165) is 13.1 Å². The van der Waals surface area contributed by atoms with Gasteiger partial charge in [0.1, 0.15) is 0 Å². The van der Waals surface area contributed by atoms with Crippen molar-refractivity contribution in [3.05, 3.63) is 0 Å². The lowest BCUT2D eigenvalue weighted by atomic mass is 10.1. The Morgan fingerprint density at radius 2 is 1.80 bits per heavy atom. The zero-order valence-corrected chi connectivity index (χ0v) is 9.93. The number of carbonyl (C=O) groups is 1. The lowest BCUT2D eigenvalue weighted by molar-refractivity contribution is -0.121. The Labute approximate surface area is 93.2 Å². The number of amides is 1. The van der Waals surface area contributed by atoms with Crippen molar-refractivity contribution in [2.75, 3.05) is 13.1 Å². The van der Waals surface area contributed by atoms with Crippen molar-refractivity contribution >= 4 is 5.91 Å². The molecule has 0 aromatic heterocycles. The van der Waals surface area contributed by atoms with Crippen molar-refractivity contribution < 1.29 is 4.79 Å². The second kappa shape index (κ2) is 7.69. The van der Waals surface area contributed by atoms with Gasteiger partial charge in [-0.15, -0.1) is 0 Å². The van der Waals surface area contributed by atoms with Crippen molar-refractivity contribution in [3.8, 4) is 0 Å². The first kappa shape index (κ1) is 12.5. The van der Waals surface area contributed by atoms with E-state index >= 15 is 0 Å². The summed E-state index contributed by atoms with van der Waals surface area (Å²) in [5.74, 6) is 0.179. The Kier molecular flexibility index (Phi) is 6.41. The Hall–Kier alpha value is -0.570. The lowest BCUT2D eigenvalue weighted by Gasteiger charge is -2.13. The van der Waals surface area contributed by atoms with Gasteiger partial charge in [-0.1, -0.05) is 45.4 Å². The molecule has 88 valence electrons. The summed E-state index contributed by atoms with van der Waals surface area (Å²) in [6, 6.07) is 0.